The van der Waals surface area contributed by atoms with Crippen LogP contribution in [0.3, 0.4) is 0 Å². The normalized spacial score (nSPS) is 16.3. The highest BCUT2D eigenvalue weighted by molar-refractivity contribution is 14.0. The molecule has 26 heavy (non-hydrogen) atoms. The molecule has 1 aliphatic rings. The van der Waals surface area contributed by atoms with Gasteiger partial charge in [0.2, 0.25) is 0 Å². The minimum atomic E-state index is 0. The maximum absolute atomic E-state index is 4.28. The molecule has 0 saturated carbocycles. The monoisotopic (exact) mass is 477 g/mol. The van der Waals surface area contributed by atoms with Crippen LogP contribution < -0.4 is 10.6 Å². The van der Waals surface area contributed by atoms with E-state index < -0.39 is 0 Å². The van der Waals surface area contributed by atoms with Crippen LogP contribution in [0, 0.1) is 0 Å². The fourth-order valence-corrected chi connectivity index (χ4v) is 3.10. The van der Waals surface area contributed by atoms with Gasteiger partial charge in [-0.2, -0.15) is 5.10 Å². The van der Waals surface area contributed by atoms with Gasteiger partial charge < -0.3 is 20.4 Å². The predicted octanol–water partition coefficient (Wildman–Crippen LogP) is 1.47. The van der Waals surface area contributed by atoms with Crippen LogP contribution in [0.15, 0.2) is 23.5 Å². The number of piperazine rings is 1. The van der Waals surface area contributed by atoms with Crippen molar-refractivity contribution in [1.29, 1.82) is 0 Å². The number of aliphatic imine (C=N–C) groups is 1. The Morgan fingerprint density at radius 3 is 2.31 bits per heavy atom. The first-order chi connectivity index (χ1) is 12.3. The average Bonchev–Trinajstić information content (AvgIpc) is 3.17. The molecular formula is C18H36IN7. The molecular weight excluding hydrogens is 441 g/mol. The van der Waals surface area contributed by atoms with E-state index >= 15 is 0 Å². The fraction of sp³-hybridized carbons (Fsp3) is 0.778. The highest BCUT2D eigenvalue weighted by atomic mass is 127. The highest BCUT2D eigenvalue weighted by Gasteiger charge is 2.14. The van der Waals surface area contributed by atoms with Gasteiger partial charge in [-0.1, -0.05) is 6.92 Å². The van der Waals surface area contributed by atoms with Crippen LogP contribution in [0.25, 0.3) is 0 Å². The molecule has 2 heterocycles. The summed E-state index contributed by atoms with van der Waals surface area (Å²) in [4.78, 5) is 9.40. The van der Waals surface area contributed by atoms with Crippen molar-refractivity contribution in [2.75, 3.05) is 59.4 Å². The first-order valence-corrected chi connectivity index (χ1v) is 9.68. The first kappa shape index (κ1) is 23.2. The van der Waals surface area contributed by atoms with Crippen molar-refractivity contribution in [3.63, 3.8) is 0 Å². The van der Waals surface area contributed by atoms with Crippen LogP contribution >= 0.6 is 24.0 Å². The molecule has 0 radical (unpaired) electrons. The fourth-order valence-electron chi connectivity index (χ4n) is 3.10. The lowest BCUT2D eigenvalue weighted by molar-refractivity contribution is 0.136. The molecule has 0 spiro atoms. The van der Waals surface area contributed by atoms with Crippen LogP contribution in [0.2, 0.25) is 0 Å². The third kappa shape index (κ3) is 9.18. The van der Waals surface area contributed by atoms with Crippen LogP contribution in [-0.4, -0.2) is 84.9 Å². The number of hydrogen-bond donors (Lipinski definition) is 2. The SMILES string of the molecule is CCN1CCN(CCCCNC(=NC)NCCCn2cccn2)CC1.I. The second-order valence-electron chi connectivity index (χ2n) is 6.53. The molecule has 1 aliphatic heterocycles. The van der Waals surface area contributed by atoms with E-state index in [9.17, 15) is 0 Å². The Labute approximate surface area is 175 Å². The lowest BCUT2D eigenvalue weighted by atomic mass is 10.2. The van der Waals surface area contributed by atoms with Gasteiger partial charge in [-0.05, 0) is 38.4 Å². The van der Waals surface area contributed by atoms with E-state index in [1.807, 2.05) is 30.2 Å². The summed E-state index contributed by atoms with van der Waals surface area (Å²) in [7, 11) is 1.83. The molecule has 0 amide bonds. The van der Waals surface area contributed by atoms with Crippen LogP contribution in [0.4, 0.5) is 0 Å². The van der Waals surface area contributed by atoms with Gasteiger partial charge in [0.15, 0.2) is 5.96 Å². The van der Waals surface area contributed by atoms with Crippen LogP contribution in [-0.2, 0) is 6.54 Å². The third-order valence-electron chi connectivity index (χ3n) is 4.74. The van der Waals surface area contributed by atoms with E-state index in [4.69, 9.17) is 0 Å². The molecule has 0 bridgehead atoms. The molecule has 150 valence electrons. The van der Waals surface area contributed by atoms with Crippen molar-refractivity contribution in [3.05, 3.63) is 18.5 Å². The number of hydrogen-bond acceptors (Lipinski definition) is 4. The zero-order chi connectivity index (χ0) is 17.7. The summed E-state index contributed by atoms with van der Waals surface area (Å²) in [5, 5.41) is 11.0. The van der Waals surface area contributed by atoms with Gasteiger partial charge in [0, 0.05) is 65.3 Å². The van der Waals surface area contributed by atoms with E-state index in [0.717, 1.165) is 32.0 Å². The highest BCUT2D eigenvalue weighted by Crippen LogP contribution is 2.02. The van der Waals surface area contributed by atoms with Crippen molar-refractivity contribution < 1.29 is 0 Å². The molecule has 2 rings (SSSR count). The van der Waals surface area contributed by atoms with E-state index in [0.29, 0.717) is 0 Å². The summed E-state index contributed by atoms with van der Waals surface area (Å²) in [5.41, 5.74) is 0. The van der Waals surface area contributed by atoms with Gasteiger partial charge in [-0.25, -0.2) is 0 Å². The molecule has 1 aromatic heterocycles. The minimum Gasteiger partial charge on any atom is -0.356 e. The van der Waals surface area contributed by atoms with Crippen molar-refractivity contribution in [3.8, 4) is 0 Å². The van der Waals surface area contributed by atoms with Gasteiger partial charge in [0.05, 0.1) is 0 Å². The second kappa shape index (κ2) is 14.2. The zero-order valence-electron chi connectivity index (χ0n) is 16.4. The van der Waals surface area contributed by atoms with E-state index in [1.165, 1.54) is 52.1 Å². The van der Waals surface area contributed by atoms with Gasteiger partial charge in [-0.3, -0.25) is 9.67 Å². The molecule has 2 N–H and O–H groups in total. The number of nitrogens with zero attached hydrogens (tertiary/aromatic N) is 5. The van der Waals surface area contributed by atoms with Crippen molar-refractivity contribution in [1.82, 2.24) is 30.2 Å². The lowest BCUT2D eigenvalue weighted by Crippen LogP contribution is -2.46. The summed E-state index contributed by atoms with van der Waals surface area (Å²) < 4.78 is 1.96. The summed E-state index contributed by atoms with van der Waals surface area (Å²) in [6.45, 7) is 12.4. The van der Waals surface area contributed by atoms with Crippen molar-refractivity contribution in [2.45, 2.75) is 32.7 Å². The molecule has 0 aromatic carbocycles. The van der Waals surface area contributed by atoms with Gasteiger partial charge in [-0.15, -0.1) is 24.0 Å². The quantitative estimate of drug-likeness (QED) is 0.232. The molecule has 0 atom stereocenters. The molecule has 1 saturated heterocycles. The summed E-state index contributed by atoms with van der Waals surface area (Å²) in [6.07, 6.45) is 7.27. The zero-order valence-corrected chi connectivity index (χ0v) is 18.7. The number of rotatable bonds is 10. The average molecular weight is 477 g/mol. The Balaban J connectivity index is 0.00000338. The van der Waals surface area contributed by atoms with Gasteiger partial charge >= 0.3 is 0 Å². The Kier molecular flexibility index (Phi) is 12.7. The maximum atomic E-state index is 4.28. The molecule has 0 aliphatic carbocycles. The van der Waals surface area contributed by atoms with E-state index in [-0.39, 0.29) is 24.0 Å². The predicted molar refractivity (Wildman–Crippen MR) is 119 cm³/mol. The Hall–Kier alpha value is -0.870. The Bertz CT molecular complexity index is 470. The topological polar surface area (TPSA) is 60.7 Å². The second-order valence-corrected chi connectivity index (χ2v) is 6.53. The van der Waals surface area contributed by atoms with E-state index in [2.05, 4.69) is 37.4 Å². The number of nitrogens with one attached hydrogen (secondary N) is 2. The molecule has 1 fully saturated rings. The Morgan fingerprint density at radius 1 is 1.00 bits per heavy atom. The summed E-state index contributed by atoms with van der Waals surface area (Å²) in [5.74, 6) is 0.900. The number of aromatic nitrogens is 2. The Morgan fingerprint density at radius 2 is 1.69 bits per heavy atom. The largest absolute Gasteiger partial charge is 0.356 e. The maximum Gasteiger partial charge on any atom is 0.190 e. The lowest BCUT2D eigenvalue weighted by Gasteiger charge is -2.34. The van der Waals surface area contributed by atoms with Crippen LogP contribution in [0.5, 0.6) is 0 Å². The number of likely N-dealkylation sites (N-methyl/N-ethyl adjacent to an activating group) is 1. The summed E-state index contributed by atoms with van der Waals surface area (Å²) in [6, 6.07) is 1.96. The molecule has 1 aromatic rings. The number of unbranched alkanes of at least 4 members (excludes halogenated alkanes) is 1. The van der Waals surface area contributed by atoms with Crippen LogP contribution in [0.1, 0.15) is 26.2 Å². The first-order valence-electron chi connectivity index (χ1n) is 9.68. The summed E-state index contributed by atoms with van der Waals surface area (Å²) >= 11 is 0. The smallest absolute Gasteiger partial charge is 0.190 e. The number of halogens is 1. The third-order valence-corrected chi connectivity index (χ3v) is 4.74. The van der Waals surface area contributed by atoms with Crippen molar-refractivity contribution >= 4 is 29.9 Å². The molecule has 7 nitrogen and oxygen atoms in total. The van der Waals surface area contributed by atoms with E-state index in [1.54, 1.807) is 0 Å². The van der Waals surface area contributed by atoms with Gasteiger partial charge in [0.1, 0.15) is 0 Å². The molecule has 0 unspecified atom stereocenters. The standard InChI is InChI=1S/C18H35N7.HI/c1-3-23-14-16-24(17-15-23)11-5-4-8-20-18(19-2)21-9-6-12-25-13-7-10-22-25;/h7,10,13H,3-6,8-9,11-12,14-17H2,1-2H3,(H2,19,20,21);1H. The minimum absolute atomic E-state index is 0. The number of aryl methyl sites for hydroxylation is 1. The molecule has 8 heteroatoms. The van der Waals surface area contributed by atoms with Gasteiger partial charge in [0.25, 0.3) is 0 Å². The number of guanidine groups is 1. The van der Waals surface area contributed by atoms with Crippen molar-refractivity contribution in [2.24, 2.45) is 4.99 Å².